The molecule has 0 spiro atoms. The average Bonchev–Trinajstić information content (AvgIpc) is 3.18. The molecule has 0 unspecified atom stereocenters. The molecule has 3 atom stereocenters. The molecule has 0 heterocycles. The number of esters is 1. The van der Waals surface area contributed by atoms with E-state index in [2.05, 4.69) is 17.4 Å². The molecule has 1 saturated carbocycles. The molecule has 1 amide bonds. The Kier molecular flexibility index (Phi) is 6.05. The predicted octanol–water partition coefficient (Wildman–Crippen LogP) is 3.82. The second-order valence-electron chi connectivity index (χ2n) is 6.94. The summed E-state index contributed by atoms with van der Waals surface area (Å²) in [5, 5.41) is 2.82. The van der Waals surface area contributed by atoms with E-state index in [1.807, 2.05) is 48.5 Å². The topological polar surface area (TPSA) is 55.4 Å². The first kappa shape index (κ1) is 18.2. The quantitative estimate of drug-likeness (QED) is 0.805. The van der Waals surface area contributed by atoms with E-state index >= 15 is 0 Å². The molecule has 0 bridgehead atoms. The molecule has 0 radical (unpaired) electrons. The highest BCUT2D eigenvalue weighted by Gasteiger charge is 2.32. The molecule has 0 aromatic heterocycles. The van der Waals surface area contributed by atoms with Crippen molar-refractivity contribution in [2.45, 2.75) is 44.8 Å². The maximum Gasteiger partial charge on any atom is 0.328 e. The first-order valence-corrected chi connectivity index (χ1v) is 9.19. The Morgan fingerprint density at radius 3 is 2.38 bits per heavy atom. The summed E-state index contributed by atoms with van der Waals surface area (Å²) in [5.74, 6) is -0.0655. The largest absolute Gasteiger partial charge is 0.459 e. The van der Waals surface area contributed by atoms with E-state index in [1.165, 1.54) is 5.56 Å². The number of carbonyl (C=O) groups is 2. The van der Waals surface area contributed by atoms with Gasteiger partial charge in [0.2, 0.25) is 5.91 Å². The maximum absolute atomic E-state index is 12.5. The van der Waals surface area contributed by atoms with Crippen molar-refractivity contribution in [3.63, 3.8) is 0 Å². The molecule has 2 aromatic rings. The fourth-order valence-corrected chi connectivity index (χ4v) is 3.49. The van der Waals surface area contributed by atoms with Crippen LogP contribution in [0.3, 0.4) is 0 Å². The van der Waals surface area contributed by atoms with Crippen LogP contribution in [0.5, 0.6) is 0 Å². The van der Waals surface area contributed by atoms with Crippen LogP contribution in [-0.4, -0.2) is 17.9 Å². The van der Waals surface area contributed by atoms with Crippen LogP contribution in [-0.2, 0) is 20.9 Å². The lowest BCUT2D eigenvalue weighted by molar-refractivity contribution is -0.149. The smallest absolute Gasteiger partial charge is 0.328 e. The van der Waals surface area contributed by atoms with Crippen LogP contribution >= 0.6 is 0 Å². The average molecular weight is 351 g/mol. The van der Waals surface area contributed by atoms with Crippen LogP contribution < -0.4 is 5.32 Å². The Morgan fingerprint density at radius 2 is 1.69 bits per heavy atom. The van der Waals surface area contributed by atoms with Gasteiger partial charge in [-0.05, 0) is 43.2 Å². The van der Waals surface area contributed by atoms with Gasteiger partial charge in [0.25, 0.3) is 0 Å². The van der Waals surface area contributed by atoms with E-state index in [0.717, 1.165) is 24.8 Å². The van der Waals surface area contributed by atoms with Crippen LogP contribution in [0.1, 0.15) is 43.2 Å². The van der Waals surface area contributed by atoms with Crippen molar-refractivity contribution in [1.29, 1.82) is 0 Å². The van der Waals surface area contributed by atoms with Crippen molar-refractivity contribution in [3.05, 3.63) is 71.8 Å². The summed E-state index contributed by atoms with van der Waals surface area (Å²) in [4.78, 5) is 24.6. The lowest BCUT2D eigenvalue weighted by Gasteiger charge is -2.17. The van der Waals surface area contributed by atoms with E-state index in [9.17, 15) is 9.59 Å². The maximum atomic E-state index is 12.5. The molecular formula is C22H25NO3. The lowest BCUT2D eigenvalue weighted by atomic mass is 9.96. The Labute approximate surface area is 154 Å². The standard InChI is InChI=1S/C22H25NO3/c1-16(22(25)26-15-17-8-4-2-5-9-17)23-21(24)20-13-12-19(14-20)18-10-6-3-7-11-18/h2-11,16,19-20H,12-15H2,1H3,(H,23,24)/t16-,19+,20+/m0/s1. The van der Waals surface area contributed by atoms with Crippen LogP contribution in [0.15, 0.2) is 60.7 Å². The van der Waals surface area contributed by atoms with Gasteiger partial charge in [0, 0.05) is 5.92 Å². The fraction of sp³-hybridized carbons (Fsp3) is 0.364. The van der Waals surface area contributed by atoms with Crippen molar-refractivity contribution in [3.8, 4) is 0 Å². The van der Waals surface area contributed by atoms with Gasteiger partial charge in [-0.1, -0.05) is 60.7 Å². The third kappa shape index (κ3) is 4.72. The van der Waals surface area contributed by atoms with Gasteiger partial charge in [-0.3, -0.25) is 4.79 Å². The van der Waals surface area contributed by atoms with Crippen LogP contribution in [0.25, 0.3) is 0 Å². The zero-order chi connectivity index (χ0) is 18.4. The molecule has 4 heteroatoms. The monoisotopic (exact) mass is 351 g/mol. The second-order valence-corrected chi connectivity index (χ2v) is 6.94. The normalized spacial score (nSPS) is 20.3. The molecule has 1 aliphatic rings. The highest BCUT2D eigenvalue weighted by molar-refractivity contribution is 5.85. The summed E-state index contributed by atoms with van der Waals surface area (Å²) in [6, 6.07) is 19.2. The molecule has 26 heavy (non-hydrogen) atoms. The van der Waals surface area contributed by atoms with Crippen molar-refractivity contribution in [2.24, 2.45) is 5.92 Å². The molecule has 0 aliphatic heterocycles. The van der Waals surface area contributed by atoms with Crippen LogP contribution in [0, 0.1) is 5.92 Å². The predicted molar refractivity (Wildman–Crippen MR) is 100 cm³/mol. The Morgan fingerprint density at radius 1 is 1.04 bits per heavy atom. The Bertz CT molecular complexity index is 730. The zero-order valence-corrected chi connectivity index (χ0v) is 15.1. The van der Waals surface area contributed by atoms with Gasteiger partial charge >= 0.3 is 5.97 Å². The van der Waals surface area contributed by atoms with Crippen LogP contribution in [0.2, 0.25) is 0 Å². The van der Waals surface area contributed by atoms with E-state index in [0.29, 0.717) is 5.92 Å². The highest BCUT2D eigenvalue weighted by Crippen LogP contribution is 2.38. The fourth-order valence-electron chi connectivity index (χ4n) is 3.49. The van der Waals surface area contributed by atoms with Crippen molar-refractivity contribution in [1.82, 2.24) is 5.32 Å². The number of benzene rings is 2. The van der Waals surface area contributed by atoms with Gasteiger partial charge in [0.15, 0.2) is 0 Å². The van der Waals surface area contributed by atoms with Gasteiger partial charge < -0.3 is 10.1 Å². The summed E-state index contributed by atoms with van der Waals surface area (Å²) in [5.41, 5.74) is 2.22. The molecule has 2 aromatic carbocycles. The zero-order valence-electron chi connectivity index (χ0n) is 15.1. The molecular weight excluding hydrogens is 326 g/mol. The van der Waals surface area contributed by atoms with E-state index in [-0.39, 0.29) is 18.4 Å². The molecule has 136 valence electrons. The summed E-state index contributed by atoms with van der Waals surface area (Å²) in [7, 11) is 0. The van der Waals surface area contributed by atoms with Gasteiger partial charge in [-0.25, -0.2) is 4.79 Å². The first-order chi connectivity index (χ1) is 12.6. The minimum Gasteiger partial charge on any atom is -0.459 e. The third-order valence-electron chi connectivity index (χ3n) is 5.01. The van der Waals surface area contributed by atoms with Crippen molar-refractivity contribution < 1.29 is 14.3 Å². The second kappa shape index (κ2) is 8.65. The Hall–Kier alpha value is -2.62. The van der Waals surface area contributed by atoms with Crippen LogP contribution in [0.4, 0.5) is 0 Å². The highest BCUT2D eigenvalue weighted by atomic mass is 16.5. The molecule has 3 rings (SSSR count). The van der Waals surface area contributed by atoms with Gasteiger partial charge in [0.05, 0.1) is 0 Å². The summed E-state index contributed by atoms with van der Waals surface area (Å²) < 4.78 is 5.29. The van der Waals surface area contributed by atoms with Crippen molar-refractivity contribution in [2.75, 3.05) is 0 Å². The van der Waals surface area contributed by atoms with Gasteiger partial charge in [-0.2, -0.15) is 0 Å². The number of amides is 1. The number of hydrogen-bond acceptors (Lipinski definition) is 3. The molecule has 4 nitrogen and oxygen atoms in total. The van der Waals surface area contributed by atoms with E-state index in [4.69, 9.17) is 4.74 Å². The SMILES string of the molecule is C[C@H](NC(=O)[C@@H]1CC[C@@H](c2ccccc2)C1)C(=O)OCc1ccccc1. The number of ether oxygens (including phenoxy) is 1. The van der Waals surface area contributed by atoms with E-state index < -0.39 is 12.0 Å². The number of carbonyl (C=O) groups excluding carboxylic acids is 2. The third-order valence-corrected chi connectivity index (χ3v) is 5.01. The number of hydrogen-bond donors (Lipinski definition) is 1. The van der Waals surface area contributed by atoms with Gasteiger partial charge in [0.1, 0.15) is 12.6 Å². The van der Waals surface area contributed by atoms with E-state index in [1.54, 1.807) is 6.92 Å². The minimum absolute atomic E-state index is 0.0374. The number of nitrogens with one attached hydrogen (secondary N) is 1. The number of rotatable bonds is 6. The Balaban J connectivity index is 1.46. The molecule has 0 saturated heterocycles. The summed E-state index contributed by atoms with van der Waals surface area (Å²) in [6.07, 6.45) is 2.70. The lowest BCUT2D eigenvalue weighted by Crippen LogP contribution is -2.42. The summed E-state index contributed by atoms with van der Waals surface area (Å²) >= 11 is 0. The molecule has 1 aliphatic carbocycles. The molecule has 1 N–H and O–H groups in total. The first-order valence-electron chi connectivity index (χ1n) is 9.19. The minimum atomic E-state index is -0.637. The van der Waals surface area contributed by atoms with Gasteiger partial charge in [-0.15, -0.1) is 0 Å². The van der Waals surface area contributed by atoms with Crippen molar-refractivity contribution >= 4 is 11.9 Å². The molecule has 1 fully saturated rings. The summed E-state index contributed by atoms with van der Waals surface area (Å²) in [6.45, 7) is 1.90.